The summed E-state index contributed by atoms with van der Waals surface area (Å²) in [4.78, 5) is 31.3. The normalized spacial score (nSPS) is 18.1. The summed E-state index contributed by atoms with van der Waals surface area (Å²) in [6.07, 6.45) is 1.46. The first kappa shape index (κ1) is 23.4. The van der Waals surface area contributed by atoms with Gasteiger partial charge in [0.2, 0.25) is 0 Å². The molecule has 0 saturated carbocycles. The Morgan fingerprint density at radius 3 is 2.79 bits per heavy atom. The number of fused-ring (bicyclic) bond motifs is 3. The monoisotopic (exact) mass is 495 g/mol. The molecule has 2 aromatic heterocycles. The predicted octanol–water partition coefficient (Wildman–Crippen LogP) is 4.05. The van der Waals surface area contributed by atoms with Crippen LogP contribution in [0.25, 0.3) is 5.69 Å². The van der Waals surface area contributed by atoms with Crippen molar-refractivity contribution < 1.29 is 9.53 Å². The third-order valence-corrected chi connectivity index (χ3v) is 8.82. The van der Waals surface area contributed by atoms with Crippen molar-refractivity contribution in [3.63, 3.8) is 0 Å². The minimum absolute atomic E-state index is 0.143. The zero-order valence-electron chi connectivity index (χ0n) is 19.3. The fourth-order valence-electron chi connectivity index (χ4n) is 4.73. The molecule has 4 heterocycles. The SMILES string of the molecule is Cc1cc(=O)c(C(=O)NCCCN2CCOCC2)c2n1-c1ccccc1SC(c1cccs1)C2. The van der Waals surface area contributed by atoms with E-state index in [0.717, 1.165) is 61.2 Å². The number of aryl methyl sites for hydroxylation is 1. The van der Waals surface area contributed by atoms with Crippen LogP contribution >= 0.6 is 23.1 Å². The standard InChI is InChI=1S/C26H29N3O3S2/c1-18-16-21(30)25(26(31)27-9-5-10-28-11-13-32-14-12-28)20-17-24(23-8-4-15-33-23)34-22-7-3-2-6-19(22)29(18)20/h2-4,6-8,15-16,24H,5,9-14,17H2,1H3,(H,27,31). The summed E-state index contributed by atoms with van der Waals surface area (Å²) in [5.41, 5.74) is 2.75. The van der Waals surface area contributed by atoms with Crippen LogP contribution in [0.5, 0.6) is 0 Å². The maximum Gasteiger partial charge on any atom is 0.257 e. The van der Waals surface area contributed by atoms with Crippen molar-refractivity contribution >= 4 is 29.0 Å². The number of ether oxygens (including phenoxy) is 1. The van der Waals surface area contributed by atoms with E-state index in [-0.39, 0.29) is 22.1 Å². The second-order valence-electron chi connectivity index (χ2n) is 8.66. The molecule has 6 nitrogen and oxygen atoms in total. The van der Waals surface area contributed by atoms with Gasteiger partial charge < -0.3 is 14.6 Å². The van der Waals surface area contributed by atoms with Gasteiger partial charge in [-0.3, -0.25) is 14.5 Å². The van der Waals surface area contributed by atoms with Gasteiger partial charge in [-0.15, -0.1) is 23.1 Å². The van der Waals surface area contributed by atoms with Crippen molar-refractivity contribution in [3.8, 4) is 5.69 Å². The van der Waals surface area contributed by atoms with Crippen molar-refractivity contribution in [3.05, 3.63) is 79.9 Å². The van der Waals surface area contributed by atoms with E-state index >= 15 is 0 Å². The molecule has 1 fully saturated rings. The highest BCUT2D eigenvalue weighted by molar-refractivity contribution is 7.99. The first-order chi connectivity index (χ1) is 16.6. The molecule has 0 radical (unpaired) electrons. The van der Waals surface area contributed by atoms with Crippen molar-refractivity contribution in [1.82, 2.24) is 14.8 Å². The molecule has 0 spiro atoms. The fourth-order valence-corrected chi connectivity index (χ4v) is 6.93. The smallest absolute Gasteiger partial charge is 0.257 e. The molecule has 2 aliphatic heterocycles. The zero-order chi connectivity index (χ0) is 23.5. The number of morpholine rings is 1. The fraction of sp³-hybridized carbons (Fsp3) is 0.385. The van der Waals surface area contributed by atoms with E-state index in [1.165, 1.54) is 4.88 Å². The minimum atomic E-state index is -0.273. The van der Waals surface area contributed by atoms with Gasteiger partial charge in [0.15, 0.2) is 5.43 Å². The van der Waals surface area contributed by atoms with E-state index in [9.17, 15) is 9.59 Å². The molecule has 0 bridgehead atoms. The van der Waals surface area contributed by atoms with E-state index in [2.05, 4.69) is 44.4 Å². The lowest BCUT2D eigenvalue weighted by Gasteiger charge is -2.26. The first-order valence-electron chi connectivity index (χ1n) is 11.7. The minimum Gasteiger partial charge on any atom is -0.379 e. The lowest BCUT2D eigenvalue weighted by Crippen LogP contribution is -2.38. The van der Waals surface area contributed by atoms with Crippen molar-refractivity contribution in [2.75, 3.05) is 39.4 Å². The Labute approximate surface area is 207 Å². The third kappa shape index (κ3) is 4.86. The number of thioether (sulfide) groups is 1. The number of aromatic nitrogens is 1. The van der Waals surface area contributed by atoms with Crippen LogP contribution in [0.2, 0.25) is 0 Å². The molecule has 1 saturated heterocycles. The van der Waals surface area contributed by atoms with E-state index in [1.807, 2.05) is 19.1 Å². The first-order valence-corrected chi connectivity index (χ1v) is 13.5. The van der Waals surface area contributed by atoms with Gasteiger partial charge in [0.05, 0.1) is 18.9 Å². The van der Waals surface area contributed by atoms with Crippen LogP contribution in [0, 0.1) is 6.92 Å². The molecule has 1 unspecified atom stereocenters. The van der Waals surface area contributed by atoms with Gasteiger partial charge in [0.25, 0.3) is 5.91 Å². The number of nitrogens with zero attached hydrogens (tertiary/aromatic N) is 2. The number of benzene rings is 1. The van der Waals surface area contributed by atoms with Crippen LogP contribution < -0.4 is 10.7 Å². The molecule has 178 valence electrons. The molecule has 1 atom stereocenters. The molecule has 1 aromatic carbocycles. The lowest BCUT2D eigenvalue weighted by atomic mass is 10.0. The van der Waals surface area contributed by atoms with Gasteiger partial charge in [-0.2, -0.15) is 0 Å². The number of carbonyl (C=O) groups is 1. The van der Waals surface area contributed by atoms with Crippen LogP contribution in [0.15, 0.2) is 57.5 Å². The second kappa shape index (κ2) is 10.5. The van der Waals surface area contributed by atoms with Gasteiger partial charge >= 0.3 is 0 Å². The number of nitrogens with one attached hydrogen (secondary N) is 1. The summed E-state index contributed by atoms with van der Waals surface area (Å²) in [7, 11) is 0. The average Bonchev–Trinajstić information content (AvgIpc) is 3.32. The number of carbonyl (C=O) groups excluding carboxylic acids is 1. The van der Waals surface area contributed by atoms with Gasteiger partial charge in [-0.05, 0) is 43.5 Å². The number of pyridine rings is 1. The highest BCUT2D eigenvalue weighted by atomic mass is 32.2. The molecule has 5 rings (SSSR count). The number of amides is 1. The van der Waals surface area contributed by atoms with Gasteiger partial charge in [0.1, 0.15) is 5.56 Å². The Morgan fingerprint density at radius 1 is 1.18 bits per heavy atom. The summed E-state index contributed by atoms with van der Waals surface area (Å²) in [5, 5.41) is 5.25. The van der Waals surface area contributed by atoms with Crippen LogP contribution in [-0.4, -0.2) is 54.8 Å². The summed E-state index contributed by atoms with van der Waals surface area (Å²) < 4.78 is 7.51. The van der Waals surface area contributed by atoms with E-state index < -0.39 is 0 Å². The molecule has 3 aromatic rings. The van der Waals surface area contributed by atoms with Gasteiger partial charge in [0, 0.05) is 58.5 Å². The molecule has 2 aliphatic rings. The van der Waals surface area contributed by atoms with Crippen LogP contribution in [0.4, 0.5) is 0 Å². The number of thiophene rings is 1. The van der Waals surface area contributed by atoms with Gasteiger partial charge in [-0.25, -0.2) is 0 Å². The Balaban J connectivity index is 1.45. The summed E-state index contributed by atoms with van der Waals surface area (Å²) in [5.74, 6) is -0.273. The summed E-state index contributed by atoms with van der Waals surface area (Å²) >= 11 is 3.52. The largest absolute Gasteiger partial charge is 0.379 e. The number of hydrogen-bond acceptors (Lipinski definition) is 6. The van der Waals surface area contributed by atoms with E-state index in [0.29, 0.717) is 13.0 Å². The number of para-hydroxylation sites is 1. The summed E-state index contributed by atoms with van der Waals surface area (Å²) in [6.45, 7) is 6.81. The molecule has 1 N–H and O–H groups in total. The molecule has 34 heavy (non-hydrogen) atoms. The van der Waals surface area contributed by atoms with E-state index in [1.54, 1.807) is 29.2 Å². The van der Waals surface area contributed by atoms with Crippen molar-refractivity contribution in [1.29, 1.82) is 0 Å². The second-order valence-corrected chi connectivity index (χ2v) is 10.9. The van der Waals surface area contributed by atoms with Crippen LogP contribution in [0.3, 0.4) is 0 Å². The van der Waals surface area contributed by atoms with Gasteiger partial charge in [-0.1, -0.05) is 18.2 Å². The highest BCUT2D eigenvalue weighted by Crippen LogP contribution is 2.45. The average molecular weight is 496 g/mol. The molecular weight excluding hydrogens is 466 g/mol. The highest BCUT2D eigenvalue weighted by Gasteiger charge is 2.29. The van der Waals surface area contributed by atoms with Crippen LogP contribution in [-0.2, 0) is 11.2 Å². The molecule has 0 aliphatic carbocycles. The van der Waals surface area contributed by atoms with E-state index in [4.69, 9.17) is 4.74 Å². The van der Waals surface area contributed by atoms with Crippen LogP contribution in [0.1, 0.15) is 38.3 Å². The maximum absolute atomic E-state index is 13.4. The Hall–Kier alpha value is -2.39. The number of hydrogen-bond donors (Lipinski definition) is 1. The van der Waals surface area contributed by atoms with Crippen molar-refractivity contribution in [2.24, 2.45) is 0 Å². The predicted molar refractivity (Wildman–Crippen MR) is 138 cm³/mol. The maximum atomic E-state index is 13.4. The summed E-state index contributed by atoms with van der Waals surface area (Å²) in [6, 6.07) is 14.0. The lowest BCUT2D eigenvalue weighted by molar-refractivity contribution is 0.0374. The molecule has 8 heteroatoms. The van der Waals surface area contributed by atoms with Crippen molar-refractivity contribution in [2.45, 2.75) is 29.9 Å². The Morgan fingerprint density at radius 2 is 2.00 bits per heavy atom. The topological polar surface area (TPSA) is 63.6 Å². The quantitative estimate of drug-likeness (QED) is 0.523. The molecule has 1 amide bonds. The molecular formula is C26H29N3O3S2. The zero-order valence-corrected chi connectivity index (χ0v) is 20.9. The number of rotatable bonds is 6. The third-order valence-electron chi connectivity index (χ3n) is 6.38. The Bertz CT molecular complexity index is 1220. The Kier molecular flexibility index (Phi) is 7.20.